The topological polar surface area (TPSA) is 119 Å². The predicted molar refractivity (Wildman–Crippen MR) is 94.0 cm³/mol. The SMILES string of the molecule is COc1ccc(S(=O)(=O)N2CCN(C(=O)C3CCCO3)CC2)c([N+](=O)[O-])c1. The largest absolute Gasteiger partial charge is 0.497 e. The molecule has 3 rings (SSSR count). The minimum absolute atomic E-state index is 0.0734. The van der Waals surface area contributed by atoms with Gasteiger partial charge in [0.15, 0.2) is 4.90 Å². The van der Waals surface area contributed by atoms with E-state index in [0.29, 0.717) is 13.0 Å². The number of benzene rings is 1. The molecule has 1 atom stereocenters. The van der Waals surface area contributed by atoms with Crippen molar-refractivity contribution in [2.24, 2.45) is 0 Å². The summed E-state index contributed by atoms with van der Waals surface area (Å²) in [7, 11) is -2.72. The van der Waals surface area contributed by atoms with Crippen LogP contribution in [0.2, 0.25) is 0 Å². The first-order valence-electron chi connectivity index (χ1n) is 8.57. The number of rotatable bonds is 5. The first kappa shape index (κ1) is 19.5. The lowest BCUT2D eigenvalue weighted by Crippen LogP contribution is -2.52. The molecule has 2 aliphatic heterocycles. The van der Waals surface area contributed by atoms with E-state index in [1.54, 1.807) is 4.90 Å². The van der Waals surface area contributed by atoms with Gasteiger partial charge in [0.05, 0.1) is 18.1 Å². The van der Waals surface area contributed by atoms with Crippen LogP contribution in [0.25, 0.3) is 0 Å². The number of amides is 1. The lowest BCUT2D eigenvalue weighted by Gasteiger charge is -2.34. The number of sulfonamides is 1. The summed E-state index contributed by atoms with van der Waals surface area (Å²) in [6, 6.07) is 3.64. The van der Waals surface area contributed by atoms with Gasteiger partial charge in [0.1, 0.15) is 11.9 Å². The molecule has 27 heavy (non-hydrogen) atoms. The molecule has 0 N–H and O–H groups in total. The Morgan fingerprint density at radius 3 is 2.56 bits per heavy atom. The van der Waals surface area contributed by atoms with Gasteiger partial charge in [-0.3, -0.25) is 14.9 Å². The van der Waals surface area contributed by atoms with Crippen molar-refractivity contribution in [1.29, 1.82) is 0 Å². The second-order valence-electron chi connectivity index (χ2n) is 6.32. The van der Waals surface area contributed by atoms with E-state index in [2.05, 4.69) is 0 Å². The number of piperazine rings is 1. The molecule has 11 heteroatoms. The van der Waals surface area contributed by atoms with Crippen LogP contribution < -0.4 is 4.74 Å². The van der Waals surface area contributed by atoms with Gasteiger partial charge in [0.25, 0.3) is 11.6 Å². The summed E-state index contributed by atoms with van der Waals surface area (Å²) in [5.41, 5.74) is -0.535. The van der Waals surface area contributed by atoms with Crippen molar-refractivity contribution < 1.29 is 27.6 Å². The summed E-state index contributed by atoms with van der Waals surface area (Å²) in [4.78, 5) is 24.1. The highest BCUT2D eigenvalue weighted by molar-refractivity contribution is 7.89. The molecule has 148 valence electrons. The highest BCUT2D eigenvalue weighted by Crippen LogP contribution is 2.31. The Kier molecular flexibility index (Phi) is 5.63. The minimum atomic E-state index is -4.06. The third-order valence-electron chi connectivity index (χ3n) is 4.74. The second-order valence-corrected chi connectivity index (χ2v) is 8.23. The van der Waals surface area contributed by atoms with E-state index < -0.39 is 26.7 Å². The van der Waals surface area contributed by atoms with E-state index in [0.717, 1.165) is 12.5 Å². The number of methoxy groups -OCH3 is 1. The average Bonchev–Trinajstić information content (AvgIpc) is 3.21. The normalized spacial score (nSPS) is 21.2. The zero-order valence-electron chi connectivity index (χ0n) is 14.9. The molecular weight excluding hydrogens is 378 g/mol. The van der Waals surface area contributed by atoms with Crippen LogP contribution in [0.5, 0.6) is 5.75 Å². The highest BCUT2D eigenvalue weighted by Gasteiger charge is 2.36. The molecule has 1 amide bonds. The third-order valence-corrected chi connectivity index (χ3v) is 6.68. The van der Waals surface area contributed by atoms with Crippen molar-refractivity contribution in [2.45, 2.75) is 23.8 Å². The van der Waals surface area contributed by atoms with Gasteiger partial charge in [-0.2, -0.15) is 4.31 Å². The number of nitro groups is 1. The number of ether oxygens (including phenoxy) is 2. The lowest BCUT2D eigenvalue weighted by atomic mass is 10.2. The van der Waals surface area contributed by atoms with Crippen molar-refractivity contribution in [2.75, 3.05) is 39.9 Å². The second kappa shape index (κ2) is 7.79. The van der Waals surface area contributed by atoms with Gasteiger partial charge < -0.3 is 14.4 Å². The average molecular weight is 399 g/mol. The Balaban J connectivity index is 1.75. The van der Waals surface area contributed by atoms with Crippen molar-refractivity contribution >= 4 is 21.6 Å². The highest BCUT2D eigenvalue weighted by atomic mass is 32.2. The zero-order valence-corrected chi connectivity index (χ0v) is 15.7. The molecule has 0 saturated carbocycles. The van der Waals surface area contributed by atoms with Crippen LogP contribution in [0.4, 0.5) is 5.69 Å². The molecular formula is C16H21N3O7S. The molecule has 2 saturated heterocycles. The molecule has 0 bridgehead atoms. The zero-order chi connectivity index (χ0) is 19.6. The standard InChI is InChI=1S/C16H21N3O7S/c1-25-12-4-5-15(13(11-12)19(21)22)27(23,24)18-8-6-17(7-9-18)16(20)14-3-2-10-26-14/h4-5,11,14H,2-3,6-10H2,1H3. The Hall–Kier alpha value is -2.24. The van der Waals surface area contributed by atoms with Crippen LogP contribution in [-0.4, -0.2) is 74.5 Å². The quantitative estimate of drug-likeness (QED) is 0.526. The van der Waals surface area contributed by atoms with E-state index >= 15 is 0 Å². The monoisotopic (exact) mass is 399 g/mol. The Bertz CT molecular complexity index is 828. The molecule has 1 unspecified atom stereocenters. The van der Waals surface area contributed by atoms with Crippen molar-refractivity contribution in [3.8, 4) is 5.75 Å². The number of hydrogen-bond acceptors (Lipinski definition) is 7. The number of carbonyl (C=O) groups excluding carboxylic acids is 1. The maximum absolute atomic E-state index is 12.9. The maximum atomic E-state index is 12.9. The van der Waals surface area contributed by atoms with Crippen LogP contribution in [0, 0.1) is 10.1 Å². The summed E-state index contributed by atoms with van der Waals surface area (Å²) < 4.78 is 37.3. The molecule has 1 aromatic carbocycles. The molecule has 0 aliphatic carbocycles. The van der Waals surface area contributed by atoms with Gasteiger partial charge in [-0.05, 0) is 25.0 Å². The summed E-state index contributed by atoms with van der Waals surface area (Å²) in [5.74, 6) is 0.0765. The van der Waals surface area contributed by atoms with Gasteiger partial charge in [0, 0.05) is 32.8 Å². The molecule has 10 nitrogen and oxygen atoms in total. The van der Waals surface area contributed by atoms with Gasteiger partial charge in [0.2, 0.25) is 10.0 Å². The van der Waals surface area contributed by atoms with E-state index in [-0.39, 0.29) is 42.7 Å². The Morgan fingerprint density at radius 2 is 2.00 bits per heavy atom. The fourth-order valence-electron chi connectivity index (χ4n) is 3.25. The molecule has 0 radical (unpaired) electrons. The van der Waals surface area contributed by atoms with Crippen molar-refractivity contribution in [3.05, 3.63) is 28.3 Å². The number of nitrogens with zero attached hydrogens (tertiary/aromatic N) is 3. The fraction of sp³-hybridized carbons (Fsp3) is 0.562. The van der Waals surface area contributed by atoms with Crippen LogP contribution >= 0.6 is 0 Å². The summed E-state index contributed by atoms with van der Waals surface area (Å²) >= 11 is 0. The lowest BCUT2D eigenvalue weighted by molar-refractivity contribution is -0.387. The van der Waals surface area contributed by atoms with Gasteiger partial charge in [-0.25, -0.2) is 8.42 Å². The Labute approximate surface area is 156 Å². The van der Waals surface area contributed by atoms with E-state index in [4.69, 9.17) is 9.47 Å². The summed E-state index contributed by atoms with van der Waals surface area (Å²) in [6.45, 7) is 1.16. The van der Waals surface area contributed by atoms with Crippen LogP contribution in [0.1, 0.15) is 12.8 Å². The van der Waals surface area contributed by atoms with E-state index in [1.165, 1.54) is 23.5 Å². The smallest absolute Gasteiger partial charge is 0.293 e. The number of carbonyl (C=O) groups is 1. The van der Waals surface area contributed by atoms with Crippen molar-refractivity contribution in [1.82, 2.24) is 9.21 Å². The van der Waals surface area contributed by atoms with E-state index in [1.807, 2.05) is 0 Å². The molecule has 0 aromatic heterocycles. The van der Waals surface area contributed by atoms with Gasteiger partial charge in [-0.15, -0.1) is 0 Å². The fourth-order valence-corrected chi connectivity index (χ4v) is 4.81. The summed E-state index contributed by atoms with van der Waals surface area (Å²) in [6.07, 6.45) is 1.07. The van der Waals surface area contributed by atoms with Crippen LogP contribution in [0.3, 0.4) is 0 Å². The van der Waals surface area contributed by atoms with Crippen LogP contribution in [0.15, 0.2) is 23.1 Å². The molecule has 0 spiro atoms. The summed E-state index contributed by atoms with van der Waals surface area (Å²) in [5, 5.41) is 11.3. The number of nitro benzene ring substituents is 1. The molecule has 2 heterocycles. The van der Waals surface area contributed by atoms with Crippen molar-refractivity contribution in [3.63, 3.8) is 0 Å². The predicted octanol–water partition coefficient (Wildman–Crippen LogP) is 0.615. The van der Waals surface area contributed by atoms with Gasteiger partial charge in [-0.1, -0.05) is 0 Å². The maximum Gasteiger partial charge on any atom is 0.293 e. The molecule has 1 aromatic rings. The first-order valence-corrected chi connectivity index (χ1v) is 10.0. The minimum Gasteiger partial charge on any atom is -0.497 e. The van der Waals surface area contributed by atoms with E-state index in [9.17, 15) is 23.3 Å². The third kappa shape index (κ3) is 3.89. The first-order chi connectivity index (χ1) is 12.8. The number of hydrogen-bond donors (Lipinski definition) is 0. The Morgan fingerprint density at radius 1 is 1.30 bits per heavy atom. The van der Waals surface area contributed by atoms with Gasteiger partial charge >= 0.3 is 0 Å². The molecule has 2 aliphatic rings. The molecule has 2 fully saturated rings. The van der Waals surface area contributed by atoms with Crippen LogP contribution in [-0.2, 0) is 19.6 Å².